The standard InChI is InChI=1S/C11H13ClN2/c1-7(2)14-9-6-4-5-8(3)10(9)13-11(14)12/h4-7H,1-3H3. The van der Waals surface area contributed by atoms with Crippen LogP contribution in [0, 0.1) is 6.92 Å². The van der Waals surface area contributed by atoms with E-state index in [0.29, 0.717) is 11.3 Å². The lowest BCUT2D eigenvalue weighted by Gasteiger charge is -2.09. The van der Waals surface area contributed by atoms with E-state index in [9.17, 15) is 0 Å². The Balaban J connectivity index is 2.83. The molecule has 2 nitrogen and oxygen atoms in total. The summed E-state index contributed by atoms with van der Waals surface area (Å²) in [4.78, 5) is 4.36. The van der Waals surface area contributed by atoms with Gasteiger partial charge in [0.2, 0.25) is 5.28 Å². The van der Waals surface area contributed by atoms with Crippen molar-refractivity contribution in [2.75, 3.05) is 0 Å². The van der Waals surface area contributed by atoms with Crippen molar-refractivity contribution in [3.8, 4) is 0 Å². The monoisotopic (exact) mass is 208 g/mol. The number of aryl methyl sites for hydroxylation is 1. The van der Waals surface area contributed by atoms with Crippen molar-refractivity contribution in [2.45, 2.75) is 26.8 Å². The number of aromatic nitrogens is 2. The van der Waals surface area contributed by atoms with E-state index in [1.54, 1.807) is 0 Å². The summed E-state index contributed by atoms with van der Waals surface area (Å²) in [6, 6.07) is 6.49. The lowest BCUT2D eigenvalue weighted by Crippen LogP contribution is -1.99. The van der Waals surface area contributed by atoms with Crippen molar-refractivity contribution in [3.63, 3.8) is 0 Å². The Kier molecular flexibility index (Phi) is 2.23. The number of hydrogen-bond acceptors (Lipinski definition) is 1. The Bertz CT molecular complexity index is 471. The van der Waals surface area contributed by atoms with E-state index in [2.05, 4.69) is 37.9 Å². The Morgan fingerprint density at radius 2 is 2.07 bits per heavy atom. The number of rotatable bonds is 1. The zero-order valence-electron chi connectivity index (χ0n) is 8.58. The molecule has 0 saturated heterocycles. The summed E-state index contributed by atoms with van der Waals surface area (Å²) >= 11 is 6.09. The smallest absolute Gasteiger partial charge is 0.204 e. The Morgan fingerprint density at radius 1 is 1.36 bits per heavy atom. The fraction of sp³-hybridized carbons (Fsp3) is 0.364. The minimum atomic E-state index is 0.342. The molecule has 0 aliphatic carbocycles. The third-order valence-corrected chi connectivity index (χ3v) is 2.66. The van der Waals surface area contributed by atoms with E-state index in [1.807, 2.05) is 10.6 Å². The van der Waals surface area contributed by atoms with E-state index < -0.39 is 0 Å². The molecule has 1 aromatic heterocycles. The highest BCUT2D eigenvalue weighted by Crippen LogP contribution is 2.25. The molecule has 1 heterocycles. The molecule has 0 aliphatic heterocycles. The van der Waals surface area contributed by atoms with Crippen LogP contribution in [-0.4, -0.2) is 9.55 Å². The highest BCUT2D eigenvalue weighted by atomic mass is 35.5. The van der Waals surface area contributed by atoms with Crippen LogP contribution in [0.15, 0.2) is 18.2 Å². The molecule has 14 heavy (non-hydrogen) atoms. The third-order valence-electron chi connectivity index (χ3n) is 2.40. The topological polar surface area (TPSA) is 17.8 Å². The van der Waals surface area contributed by atoms with Gasteiger partial charge >= 0.3 is 0 Å². The SMILES string of the molecule is Cc1cccc2c1nc(Cl)n2C(C)C. The second-order valence-electron chi connectivity index (χ2n) is 3.79. The largest absolute Gasteiger partial charge is 0.312 e. The van der Waals surface area contributed by atoms with Gasteiger partial charge < -0.3 is 4.57 Å². The number of nitrogens with zero attached hydrogens (tertiary/aromatic N) is 2. The molecular weight excluding hydrogens is 196 g/mol. The third kappa shape index (κ3) is 1.30. The van der Waals surface area contributed by atoms with Crippen molar-refractivity contribution in [3.05, 3.63) is 29.0 Å². The van der Waals surface area contributed by atoms with Crippen molar-refractivity contribution < 1.29 is 0 Å². The van der Waals surface area contributed by atoms with Gasteiger partial charge in [0.05, 0.1) is 11.0 Å². The molecule has 0 radical (unpaired) electrons. The van der Waals surface area contributed by atoms with Gasteiger partial charge in [0.25, 0.3) is 0 Å². The van der Waals surface area contributed by atoms with Crippen molar-refractivity contribution in [1.29, 1.82) is 0 Å². The molecule has 1 aromatic carbocycles. The number of benzene rings is 1. The van der Waals surface area contributed by atoms with Crippen LogP contribution in [-0.2, 0) is 0 Å². The van der Waals surface area contributed by atoms with Crippen molar-refractivity contribution >= 4 is 22.6 Å². The van der Waals surface area contributed by atoms with Gasteiger partial charge in [-0.05, 0) is 44.0 Å². The molecule has 0 atom stereocenters. The van der Waals surface area contributed by atoms with E-state index >= 15 is 0 Å². The van der Waals surface area contributed by atoms with Gasteiger partial charge in [-0.15, -0.1) is 0 Å². The van der Waals surface area contributed by atoms with E-state index in [1.165, 1.54) is 5.56 Å². The number of imidazole rings is 1. The fourth-order valence-corrected chi connectivity index (χ4v) is 2.09. The molecule has 0 N–H and O–H groups in total. The summed E-state index contributed by atoms with van der Waals surface area (Å²) in [5, 5.41) is 0.573. The molecule has 0 fully saturated rings. The summed E-state index contributed by atoms with van der Waals surface area (Å²) in [6.45, 7) is 6.26. The predicted octanol–water partition coefficient (Wildman–Crippen LogP) is 3.58. The van der Waals surface area contributed by atoms with Crippen LogP contribution in [0.5, 0.6) is 0 Å². The first-order chi connectivity index (χ1) is 6.61. The number of para-hydroxylation sites is 1. The number of fused-ring (bicyclic) bond motifs is 1. The first-order valence-electron chi connectivity index (χ1n) is 4.74. The van der Waals surface area contributed by atoms with Crippen LogP contribution in [0.3, 0.4) is 0 Å². The van der Waals surface area contributed by atoms with Crippen LogP contribution in [0.2, 0.25) is 5.28 Å². The Labute approximate surface area is 88.5 Å². The molecule has 0 bridgehead atoms. The zero-order valence-corrected chi connectivity index (χ0v) is 9.34. The maximum atomic E-state index is 6.09. The second kappa shape index (κ2) is 3.28. The molecule has 0 aliphatic rings. The molecule has 0 amide bonds. The van der Waals surface area contributed by atoms with Gasteiger partial charge in [-0.3, -0.25) is 0 Å². The number of halogens is 1. The molecule has 74 valence electrons. The maximum absolute atomic E-state index is 6.09. The van der Waals surface area contributed by atoms with E-state index in [-0.39, 0.29) is 0 Å². The quantitative estimate of drug-likeness (QED) is 0.701. The summed E-state index contributed by atoms with van der Waals surface area (Å²) in [6.07, 6.45) is 0. The van der Waals surface area contributed by atoms with E-state index in [0.717, 1.165) is 11.0 Å². The van der Waals surface area contributed by atoms with Crippen LogP contribution in [0.25, 0.3) is 11.0 Å². The average Bonchev–Trinajstić information content (AvgIpc) is 2.42. The van der Waals surface area contributed by atoms with Crippen molar-refractivity contribution in [1.82, 2.24) is 9.55 Å². The summed E-state index contributed by atoms with van der Waals surface area (Å²) in [5.41, 5.74) is 3.29. The van der Waals surface area contributed by atoms with Crippen LogP contribution < -0.4 is 0 Å². The Morgan fingerprint density at radius 3 is 2.71 bits per heavy atom. The molecule has 3 heteroatoms. The summed E-state index contributed by atoms with van der Waals surface area (Å²) in [5.74, 6) is 0. The van der Waals surface area contributed by atoms with Crippen LogP contribution in [0.4, 0.5) is 0 Å². The molecule has 0 unspecified atom stereocenters. The summed E-state index contributed by atoms with van der Waals surface area (Å²) in [7, 11) is 0. The van der Waals surface area contributed by atoms with Gasteiger partial charge in [0, 0.05) is 6.04 Å². The molecule has 2 rings (SSSR count). The summed E-state index contributed by atoms with van der Waals surface area (Å²) < 4.78 is 2.05. The first kappa shape index (κ1) is 9.53. The average molecular weight is 209 g/mol. The normalized spacial score (nSPS) is 11.5. The minimum absolute atomic E-state index is 0.342. The second-order valence-corrected chi connectivity index (χ2v) is 4.13. The van der Waals surface area contributed by atoms with Gasteiger partial charge in [0.15, 0.2) is 0 Å². The first-order valence-corrected chi connectivity index (χ1v) is 5.12. The van der Waals surface area contributed by atoms with Crippen LogP contribution in [0.1, 0.15) is 25.5 Å². The maximum Gasteiger partial charge on any atom is 0.204 e. The van der Waals surface area contributed by atoms with Gasteiger partial charge in [-0.2, -0.15) is 0 Å². The Hall–Kier alpha value is -1.02. The van der Waals surface area contributed by atoms with Gasteiger partial charge in [-0.25, -0.2) is 4.98 Å². The highest BCUT2D eigenvalue weighted by molar-refractivity contribution is 6.29. The molecular formula is C11H13ClN2. The van der Waals surface area contributed by atoms with E-state index in [4.69, 9.17) is 11.6 Å². The predicted molar refractivity (Wildman–Crippen MR) is 59.9 cm³/mol. The lowest BCUT2D eigenvalue weighted by molar-refractivity contribution is 0.618. The highest BCUT2D eigenvalue weighted by Gasteiger charge is 2.11. The number of hydrogen-bond donors (Lipinski definition) is 0. The minimum Gasteiger partial charge on any atom is -0.312 e. The molecule has 0 spiro atoms. The lowest BCUT2D eigenvalue weighted by atomic mass is 10.2. The van der Waals surface area contributed by atoms with Crippen LogP contribution >= 0.6 is 11.6 Å². The molecule has 0 saturated carbocycles. The van der Waals surface area contributed by atoms with Gasteiger partial charge in [0.1, 0.15) is 0 Å². The van der Waals surface area contributed by atoms with Gasteiger partial charge in [-0.1, -0.05) is 12.1 Å². The zero-order chi connectivity index (χ0) is 10.3. The fourth-order valence-electron chi connectivity index (χ4n) is 1.72. The molecule has 2 aromatic rings. The van der Waals surface area contributed by atoms with Crippen molar-refractivity contribution in [2.24, 2.45) is 0 Å².